The number of carbonyl (C=O) groups is 2. The van der Waals surface area contributed by atoms with Gasteiger partial charge in [-0.2, -0.15) is 0 Å². The van der Waals surface area contributed by atoms with Gasteiger partial charge in [-0.15, -0.1) is 0 Å². The minimum Gasteiger partial charge on any atom is -0.389 e. The molecule has 0 aliphatic carbocycles. The third-order valence-corrected chi connectivity index (χ3v) is 8.58. The molecule has 0 heterocycles. The average Bonchev–Trinajstić information content (AvgIpc) is 2.24. The summed E-state index contributed by atoms with van der Waals surface area (Å²) in [4.78, 5) is 42.9. The number of hydrogen-bond acceptors (Lipinski definition) is 6. The summed E-state index contributed by atoms with van der Waals surface area (Å²) in [7, 11) is -10.8. The maximum Gasteiger partial charge on any atom is 0.428 e. The van der Waals surface area contributed by atoms with Crippen molar-refractivity contribution in [2.24, 2.45) is 10.8 Å². The Labute approximate surface area is 144 Å². The summed E-state index contributed by atoms with van der Waals surface area (Å²) in [6.07, 6.45) is 0. The normalized spacial score (nSPS) is 18.5. The Kier molecular flexibility index (Phi) is 6.63. The number of alkyl halides is 2. The van der Waals surface area contributed by atoms with Gasteiger partial charge in [-0.05, 0) is 41.5 Å². The van der Waals surface area contributed by atoms with Crippen LogP contribution in [0.15, 0.2) is 0 Å². The fourth-order valence-electron chi connectivity index (χ4n) is 0.768. The van der Waals surface area contributed by atoms with Gasteiger partial charge in [-0.1, -0.05) is 23.2 Å². The van der Waals surface area contributed by atoms with Gasteiger partial charge in [0.15, 0.2) is 0 Å². The van der Waals surface area contributed by atoms with E-state index in [1.165, 1.54) is 41.5 Å². The van der Waals surface area contributed by atoms with E-state index in [1.807, 2.05) is 0 Å². The van der Waals surface area contributed by atoms with Crippen LogP contribution in [0.4, 0.5) is 0 Å². The van der Waals surface area contributed by atoms with E-state index in [4.69, 9.17) is 23.2 Å². The number of halogens is 2. The monoisotopic (exact) mass is 412 g/mol. The molecule has 12 heteroatoms. The Balaban J connectivity index is 5.60. The summed E-state index contributed by atoms with van der Waals surface area (Å²) < 4.78 is 29.4. The number of carbonyl (C=O) groups excluding carboxylic acids is 2. The van der Waals surface area contributed by atoms with Crippen molar-refractivity contribution in [2.45, 2.75) is 45.4 Å². The molecule has 2 unspecified atom stereocenters. The van der Waals surface area contributed by atoms with E-state index in [1.54, 1.807) is 0 Å². The molecule has 2 atom stereocenters. The van der Waals surface area contributed by atoms with Gasteiger partial charge in [0, 0.05) is 0 Å². The lowest BCUT2D eigenvalue weighted by atomic mass is 9.98. The minimum absolute atomic E-state index is 1.18. The zero-order valence-electron chi connectivity index (χ0n) is 13.5. The summed E-state index contributed by atoms with van der Waals surface area (Å²) >= 11 is 11.0. The second kappa shape index (κ2) is 6.66. The number of rotatable bonds is 4. The largest absolute Gasteiger partial charge is 0.428 e. The van der Waals surface area contributed by atoms with Crippen molar-refractivity contribution < 1.29 is 37.6 Å². The van der Waals surface area contributed by atoms with Gasteiger partial charge < -0.3 is 18.8 Å². The molecule has 0 rings (SSSR count). The van der Waals surface area contributed by atoms with E-state index >= 15 is 0 Å². The van der Waals surface area contributed by atoms with Gasteiger partial charge in [0.1, 0.15) is 0 Å². The first-order valence-electron chi connectivity index (χ1n) is 6.27. The molecule has 136 valence electrons. The summed E-state index contributed by atoms with van der Waals surface area (Å²) in [5, 5.41) is 0. The van der Waals surface area contributed by atoms with Crippen molar-refractivity contribution >= 4 is 50.3 Å². The lowest BCUT2D eigenvalue weighted by Crippen LogP contribution is -2.28. The first kappa shape index (κ1) is 22.9. The van der Waals surface area contributed by atoms with Crippen LogP contribution < -0.4 is 0 Å². The zero-order chi connectivity index (χ0) is 19.1. The van der Waals surface area contributed by atoms with Gasteiger partial charge >= 0.3 is 30.9 Å². The molecule has 0 aliphatic rings. The highest BCUT2D eigenvalue weighted by Gasteiger charge is 2.65. The Morgan fingerprint density at radius 2 is 1.00 bits per heavy atom. The van der Waals surface area contributed by atoms with E-state index in [2.05, 4.69) is 9.05 Å². The summed E-state index contributed by atoms with van der Waals surface area (Å²) in [5.74, 6) is -2.37. The maximum atomic E-state index is 12.1. The molecule has 0 bridgehead atoms. The molecule has 0 amide bonds. The quantitative estimate of drug-likeness (QED) is 0.529. The molecule has 0 radical (unpaired) electrons. The number of hydrogen-bond donors (Lipinski definition) is 2. The average molecular weight is 413 g/mol. The molecule has 0 fully saturated rings. The first-order chi connectivity index (χ1) is 9.76. The highest BCUT2D eigenvalue weighted by Crippen LogP contribution is 2.78. The third kappa shape index (κ3) is 5.45. The van der Waals surface area contributed by atoms with E-state index in [0.29, 0.717) is 0 Å². The van der Waals surface area contributed by atoms with E-state index in [0.717, 1.165) is 0 Å². The van der Waals surface area contributed by atoms with Gasteiger partial charge in [-0.25, -0.2) is 9.13 Å². The standard InChI is InChI=1S/C11H20Cl2O8P2/c1-9(2,3)7(14)20-22(16,17)11(12,13)23(18,19)21-8(15)10(4,5)6/h1-6H3,(H,16,17)(H,18,19). The molecule has 0 aromatic carbocycles. The van der Waals surface area contributed by atoms with Crippen LogP contribution in [0.2, 0.25) is 0 Å². The molecular formula is C11H20Cl2O8P2. The maximum absolute atomic E-state index is 12.1. The Morgan fingerprint density at radius 1 is 0.783 bits per heavy atom. The molecule has 0 saturated carbocycles. The van der Waals surface area contributed by atoms with Crippen molar-refractivity contribution in [2.75, 3.05) is 0 Å². The van der Waals surface area contributed by atoms with Crippen LogP contribution >= 0.6 is 38.4 Å². The molecule has 0 spiro atoms. The molecule has 0 aromatic heterocycles. The van der Waals surface area contributed by atoms with Gasteiger partial charge in [0.05, 0.1) is 10.8 Å². The lowest BCUT2D eigenvalue weighted by molar-refractivity contribution is -0.143. The van der Waals surface area contributed by atoms with Crippen LogP contribution in [0.1, 0.15) is 41.5 Å². The molecule has 2 N–H and O–H groups in total. The minimum atomic E-state index is -5.39. The zero-order valence-corrected chi connectivity index (χ0v) is 16.8. The summed E-state index contributed by atoms with van der Waals surface area (Å²) in [6.45, 7) is 8.24. The van der Waals surface area contributed by atoms with Crippen molar-refractivity contribution in [1.82, 2.24) is 0 Å². The lowest BCUT2D eigenvalue weighted by Gasteiger charge is -2.30. The van der Waals surface area contributed by atoms with Gasteiger partial charge in [0.2, 0.25) is 0 Å². The fraction of sp³-hybridized carbons (Fsp3) is 0.818. The molecule has 0 aliphatic heterocycles. The van der Waals surface area contributed by atoms with Gasteiger partial charge in [0.25, 0.3) is 0 Å². The van der Waals surface area contributed by atoms with E-state index in [-0.39, 0.29) is 0 Å². The molecule has 0 saturated heterocycles. The first-order valence-corrected chi connectivity index (χ1v) is 10.2. The molecule has 8 nitrogen and oxygen atoms in total. The highest BCUT2D eigenvalue weighted by molar-refractivity contribution is 7.79. The second-order valence-electron chi connectivity index (χ2n) is 6.81. The SMILES string of the molecule is CC(C)(C)C(=O)OP(=O)(O)C(Cl)(Cl)P(=O)(O)OC(=O)C(C)(C)C. The van der Waals surface area contributed by atoms with Crippen LogP contribution in [-0.4, -0.2) is 25.5 Å². The van der Waals surface area contributed by atoms with Crippen LogP contribution in [0.3, 0.4) is 0 Å². The Bertz CT molecular complexity index is 538. The smallest absolute Gasteiger partial charge is 0.389 e. The van der Waals surface area contributed by atoms with Crippen molar-refractivity contribution in [3.63, 3.8) is 0 Å². The van der Waals surface area contributed by atoms with Crippen LogP contribution in [0.5, 0.6) is 0 Å². The molecular weight excluding hydrogens is 393 g/mol. The fourth-order valence-corrected chi connectivity index (χ4v) is 3.92. The Hall–Kier alpha value is -0.100. The topological polar surface area (TPSA) is 127 Å². The Morgan fingerprint density at radius 3 is 1.17 bits per heavy atom. The predicted octanol–water partition coefficient (Wildman–Crippen LogP) is 3.62. The highest BCUT2D eigenvalue weighted by atomic mass is 35.5. The van der Waals surface area contributed by atoms with Crippen LogP contribution in [0.25, 0.3) is 0 Å². The van der Waals surface area contributed by atoms with E-state index in [9.17, 15) is 28.5 Å². The molecule has 0 aromatic rings. The molecule has 23 heavy (non-hydrogen) atoms. The van der Waals surface area contributed by atoms with Crippen LogP contribution in [0, 0.1) is 10.8 Å². The predicted molar refractivity (Wildman–Crippen MR) is 85.2 cm³/mol. The van der Waals surface area contributed by atoms with Crippen molar-refractivity contribution in [3.8, 4) is 0 Å². The van der Waals surface area contributed by atoms with E-state index < -0.39 is 41.8 Å². The van der Waals surface area contributed by atoms with Crippen LogP contribution in [-0.2, 0) is 27.8 Å². The summed E-state index contributed by atoms with van der Waals surface area (Å²) in [5.41, 5.74) is -2.41. The third-order valence-electron chi connectivity index (χ3n) is 2.32. The van der Waals surface area contributed by atoms with Gasteiger partial charge in [-0.3, -0.25) is 9.59 Å². The summed E-state index contributed by atoms with van der Waals surface area (Å²) in [6, 6.07) is 0. The van der Waals surface area contributed by atoms with Crippen molar-refractivity contribution in [1.29, 1.82) is 0 Å². The van der Waals surface area contributed by atoms with Crippen molar-refractivity contribution in [3.05, 3.63) is 0 Å². The second-order valence-corrected chi connectivity index (χ2v) is 13.3.